The third-order valence-electron chi connectivity index (χ3n) is 3.16. The molecule has 0 radical (unpaired) electrons. The number of benzene rings is 2. The Bertz CT molecular complexity index is 666. The molecule has 0 bridgehead atoms. The van der Waals surface area contributed by atoms with Gasteiger partial charge in [-0.3, -0.25) is 9.59 Å². The number of nitrogens with one attached hydrogen (secondary N) is 1. The summed E-state index contributed by atoms with van der Waals surface area (Å²) in [5, 5.41) is 2.64. The highest BCUT2D eigenvalue weighted by Crippen LogP contribution is 2.16. The van der Waals surface area contributed by atoms with Gasteiger partial charge in [-0.25, -0.2) is 4.39 Å². The Hall–Kier alpha value is -2.69. The topological polar surface area (TPSA) is 49.4 Å². The van der Waals surface area contributed by atoms with Gasteiger partial charge in [0.25, 0.3) is 0 Å². The van der Waals surface area contributed by atoms with Crippen LogP contribution in [0.4, 0.5) is 15.8 Å². The molecule has 0 aromatic heterocycles. The molecule has 2 aromatic rings. The Morgan fingerprint density at radius 3 is 2.18 bits per heavy atom. The van der Waals surface area contributed by atoms with Gasteiger partial charge < -0.3 is 10.2 Å². The Kier molecular flexibility index (Phi) is 4.88. The Morgan fingerprint density at radius 2 is 1.64 bits per heavy atom. The molecule has 0 aliphatic rings. The summed E-state index contributed by atoms with van der Waals surface area (Å²) in [6.45, 7) is 3.25. The second kappa shape index (κ2) is 6.85. The van der Waals surface area contributed by atoms with E-state index in [1.165, 1.54) is 36.1 Å². The van der Waals surface area contributed by atoms with Crippen molar-refractivity contribution in [1.29, 1.82) is 0 Å². The normalized spacial score (nSPS) is 10.1. The van der Waals surface area contributed by atoms with Crippen molar-refractivity contribution in [2.75, 3.05) is 16.8 Å². The summed E-state index contributed by atoms with van der Waals surface area (Å²) in [5.41, 5.74) is 2.22. The smallest absolute Gasteiger partial charge is 0.244 e. The molecule has 0 fully saturated rings. The molecule has 22 heavy (non-hydrogen) atoms. The lowest BCUT2D eigenvalue weighted by atomic mass is 10.2. The number of aryl methyl sites for hydroxylation is 1. The third-order valence-corrected chi connectivity index (χ3v) is 3.16. The van der Waals surface area contributed by atoms with Crippen molar-refractivity contribution >= 4 is 23.2 Å². The van der Waals surface area contributed by atoms with E-state index in [1.54, 1.807) is 12.1 Å². The van der Waals surface area contributed by atoms with E-state index in [-0.39, 0.29) is 24.2 Å². The van der Waals surface area contributed by atoms with E-state index in [1.807, 2.05) is 19.1 Å². The number of hydrogen-bond donors (Lipinski definition) is 1. The van der Waals surface area contributed by atoms with Gasteiger partial charge in [-0.2, -0.15) is 0 Å². The van der Waals surface area contributed by atoms with Crippen LogP contribution >= 0.6 is 0 Å². The quantitative estimate of drug-likeness (QED) is 0.943. The molecular weight excluding hydrogens is 283 g/mol. The van der Waals surface area contributed by atoms with E-state index in [9.17, 15) is 14.0 Å². The van der Waals surface area contributed by atoms with E-state index in [2.05, 4.69) is 5.32 Å². The standard InChI is InChI=1S/C17H17FN2O2/c1-12-3-9-16(10-4-12)20(13(2)21)11-17(22)19-15-7-5-14(18)6-8-15/h3-10H,11H2,1-2H3,(H,19,22). The average molecular weight is 300 g/mol. The lowest BCUT2D eigenvalue weighted by Gasteiger charge is -2.20. The maximum atomic E-state index is 12.8. The summed E-state index contributed by atoms with van der Waals surface area (Å²) in [6.07, 6.45) is 0. The molecule has 0 aliphatic heterocycles. The molecule has 5 heteroatoms. The van der Waals surface area contributed by atoms with Crippen molar-refractivity contribution in [3.63, 3.8) is 0 Å². The van der Waals surface area contributed by atoms with Crippen molar-refractivity contribution in [3.8, 4) is 0 Å². The van der Waals surface area contributed by atoms with Gasteiger partial charge in [-0.05, 0) is 43.3 Å². The maximum Gasteiger partial charge on any atom is 0.244 e. The molecule has 2 rings (SSSR count). The minimum absolute atomic E-state index is 0.101. The number of rotatable bonds is 4. The minimum Gasteiger partial charge on any atom is -0.325 e. The molecule has 0 saturated carbocycles. The molecule has 2 amide bonds. The first-order valence-corrected chi connectivity index (χ1v) is 6.86. The molecule has 0 spiro atoms. The third kappa shape index (κ3) is 4.15. The molecule has 0 saturated heterocycles. The molecule has 0 aliphatic carbocycles. The molecule has 0 atom stereocenters. The predicted molar refractivity (Wildman–Crippen MR) is 84.2 cm³/mol. The highest BCUT2D eigenvalue weighted by atomic mass is 19.1. The van der Waals surface area contributed by atoms with Gasteiger partial charge in [0.15, 0.2) is 0 Å². The lowest BCUT2D eigenvalue weighted by molar-refractivity contribution is -0.120. The first kappa shape index (κ1) is 15.7. The monoisotopic (exact) mass is 300 g/mol. The number of carbonyl (C=O) groups is 2. The van der Waals surface area contributed by atoms with Crippen LogP contribution in [0.25, 0.3) is 0 Å². The Morgan fingerprint density at radius 1 is 1.05 bits per heavy atom. The number of hydrogen-bond acceptors (Lipinski definition) is 2. The van der Waals surface area contributed by atoms with Crippen molar-refractivity contribution in [2.45, 2.75) is 13.8 Å². The largest absolute Gasteiger partial charge is 0.325 e. The van der Waals surface area contributed by atoms with Crippen LogP contribution in [0.2, 0.25) is 0 Å². The highest BCUT2D eigenvalue weighted by Gasteiger charge is 2.15. The predicted octanol–water partition coefficient (Wildman–Crippen LogP) is 3.13. The first-order valence-electron chi connectivity index (χ1n) is 6.86. The van der Waals surface area contributed by atoms with Gasteiger partial charge in [0.1, 0.15) is 12.4 Å². The summed E-state index contributed by atoms with van der Waals surface area (Å²) in [4.78, 5) is 25.2. The van der Waals surface area contributed by atoms with E-state index < -0.39 is 0 Å². The summed E-state index contributed by atoms with van der Waals surface area (Å²) < 4.78 is 12.8. The number of amides is 2. The van der Waals surface area contributed by atoms with E-state index in [0.29, 0.717) is 11.4 Å². The van der Waals surface area contributed by atoms with Crippen LogP contribution in [-0.4, -0.2) is 18.4 Å². The van der Waals surface area contributed by atoms with Crippen LogP contribution in [0.15, 0.2) is 48.5 Å². The number of nitrogens with zero attached hydrogens (tertiary/aromatic N) is 1. The second-order valence-electron chi connectivity index (χ2n) is 5.00. The minimum atomic E-state index is -0.372. The van der Waals surface area contributed by atoms with Crippen LogP contribution in [0, 0.1) is 12.7 Å². The fourth-order valence-corrected chi connectivity index (χ4v) is 1.99. The van der Waals surface area contributed by atoms with Crippen molar-refractivity contribution in [2.24, 2.45) is 0 Å². The van der Waals surface area contributed by atoms with Gasteiger partial charge >= 0.3 is 0 Å². The van der Waals surface area contributed by atoms with Crippen molar-refractivity contribution in [3.05, 3.63) is 59.9 Å². The molecule has 114 valence electrons. The number of carbonyl (C=O) groups excluding carboxylic acids is 2. The molecule has 0 unspecified atom stereocenters. The maximum absolute atomic E-state index is 12.8. The molecule has 4 nitrogen and oxygen atoms in total. The zero-order chi connectivity index (χ0) is 16.1. The van der Waals surface area contributed by atoms with Crippen LogP contribution in [0.3, 0.4) is 0 Å². The summed E-state index contributed by atoms with van der Waals surface area (Å²) in [6, 6.07) is 12.8. The van der Waals surface area contributed by atoms with Crippen LogP contribution < -0.4 is 10.2 Å². The SMILES string of the molecule is CC(=O)N(CC(=O)Nc1ccc(F)cc1)c1ccc(C)cc1. The average Bonchev–Trinajstić information content (AvgIpc) is 2.48. The van der Waals surface area contributed by atoms with Gasteiger partial charge in [0.2, 0.25) is 11.8 Å². The van der Waals surface area contributed by atoms with Gasteiger partial charge in [0, 0.05) is 18.3 Å². The van der Waals surface area contributed by atoms with Crippen molar-refractivity contribution in [1.82, 2.24) is 0 Å². The second-order valence-corrected chi connectivity index (χ2v) is 5.00. The molecule has 2 aromatic carbocycles. The summed E-state index contributed by atoms with van der Waals surface area (Å²) in [7, 11) is 0. The van der Waals surface area contributed by atoms with Gasteiger partial charge in [0.05, 0.1) is 0 Å². The summed E-state index contributed by atoms with van der Waals surface area (Å²) in [5.74, 6) is -0.941. The van der Waals surface area contributed by atoms with E-state index in [0.717, 1.165) is 5.56 Å². The fourth-order valence-electron chi connectivity index (χ4n) is 1.99. The molecule has 0 heterocycles. The van der Waals surface area contributed by atoms with E-state index in [4.69, 9.17) is 0 Å². The highest BCUT2D eigenvalue weighted by molar-refractivity contribution is 6.01. The summed E-state index contributed by atoms with van der Waals surface area (Å²) >= 11 is 0. The first-order chi connectivity index (χ1) is 10.5. The van der Waals surface area contributed by atoms with E-state index >= 15 is 0 Å². The van der Waals surface area contributed by atoms with Gasteiger partial charge in [-0.15, -0.1) is 0 Å². The van der Waals surface area contributed by atoms with Crippen LogP contribution in [0.1, 0.15) is 12.5 Å². The zero-order valence-electron chi connectivity index (χ0n) is 12.5. The Labute approximate surface area is 128 Å². The zero-order valence-corrected chi connectivity index (χ0v) is 12.5. The number of halogens is 1. The molecule has 1 N–H and O–H groups in total. The van der Waals surface area contributed by atoms with Crippen LogP contribution in [0.5, 0.6) is 0 Å². The van der Waals surface area contributed by atoms with Gasteiger partial charge in [-0.1, -0.05) is 17.7 Å². The van der Waals surface area contributed by atoms with Crippen LogP contribution in [-0.2, 0) is 9.59 Å². The lowest BCUT2D eigenvalue weighted by Crippen LogP contribution is -2.36. The Balaban J connectivity index is 2.07. The number of anilines is 2. The van der Waals surface area contributed by atoms with Crippen molar-refractivity contribution < 1.29 is 14.0 Å². The fraction of sp³-hybridized carbons (Fsp3) is 0.176. The molecular formula is C17H17FN2O2.